The second-order valence-corrected chi connectivity index (χ2v) is 5.73. The molecule has 21 heavy (non-hydrogen) atoms. The van der Waals surface area contributed by atoms with E-state index < -0.39 is 11.4 Å². The Kier molecular flexibility index (Phi) is 3.28. The molecule has 1 aliphatic rings. The van der Waals surface area contributed by atoms with Crippen molar-refractivity contribution in [3.05, 3.63) is 65.0 Å². The van der Waals surface area contributed by atoms with Gasteiger partial charge in [-0.1, -0.05) is 18.2 Å². The molecule has 0 heterocycles. The Morgan fingerprint density at radius 3 is 2.43 bits per heavy atom. The van der Waals surface area contributed by atoms with Crippen LogP contribution in [-0.4, -0.2) is 11.4 Å². The van der Waals surface area contributed by atoms with Gasteiger partial charge in [0.15, 0.2) is 5.60 Å². The summed E-state index contributed by atoms with van der Waals surface area (Å²) in [6.45, 7) is 3.77. The molecule has 2 aromatic carbocycles. The number of hydrogen-bond acceptors (Lipinski definition) is 2. The normalized spacial score (nSPS) is 15.6. The Morgan fingerprint density at radius 1 is 1.10 bits per heavy atom. The summed E-state index contributed by atoms with van der Waals surface area (Å²) in [4.78, 5) is 12.6. The largest absolute Gasteiger partial charge is 0.479 e. The van der Waals surface area contributed by atoms with Crippen molar-refractivity contribution < 1.29 is 13.9 Å². The highest BCUT2D eigenvalue weighted by atomic mass is 19.1. The second kappa shape index (κ2) is 4.99. The fraction of sp³-hybridized carbons (Fsp3) is 0.278. The standard InChI is InChI=1S/C18H17FO2/c1-12-4-3-5-14(10-12)21-18(8-9-18)17(20)15-7-6-13(2)11-16(15)19/h3-7,10-11H,8-9H2,1-2H3. The van der Waals surface area contributed by atoms with Crippen molar-refractivity contribution in [1.82, 2.24) is 0 Å². The van der Waals surface area contributed by atoms with Crippen LogP contribution >= 0.6 is 0 Å². The van der Waals surface area contributed by atoms with Crippen LogP contribution in [0.25, 0.3) is 0 Å². The molecule has 2 aromatic rings. The minimum absolute atomic E-state index is 0.116. The Bertz CT molecular complexity index is 702. The third-order valence-electron chi connectivity index (χ3n) is 3.79. The van der Waals surface area contributed by atoms with E-state index in [2.05, 4.69) is 0 Å². The first-order chi connectivity index (χ1) is 10.00. The van der Waals surface area contributed by atoms with Gasteiger partial charge in [0, 0.05) is 0 Å². The SMILES string of the molecule is Cc1cccc(OC2(C(=O)c3ccc(C)cc3F)CC2)c1. The molecule has 0 amide bonds. The van der Waals surface area contributed by atoms with Gasteiger partial charge in [0.1, 0.15) is 11.6 Å². The fourth-order valence-electron chi connectivity index (χ4n) is 2.44. The molecule has 0 radical (unpaired) electrons. The molecule has 0 atom stereocenters. The molecule has 0 bridgehead atoms. The molecule has 0 spiro atoms. The molecule has 3 heteroatoms. The molecule has 1 aliphatic carbocycles. The van der Waals surface area contributed by atoms with Crippen LogP contribution in [0.4, 0.5) is 4.39 Å². The topological polar surface area (TPSA) is 26.3 Å². The average Bonchev–Trinajstić information content (AvgIpc) is 3.19. The van der Waals surface area contributed by atoms with Crippen LogP contribution in [0.15, 0.2) is 42.5 Å². The lowest BCUT2D eigenvalue weighted by molar-refractivity contribution is 0.0741. The van der Waals surface area contributed by atoms with Gasteiger partial charge in [0.05, 0.1) is 5.56 Å². The van der Waals surface area contributed by atoms with Gasteiger partial charge in [0.25, 0.3) is 0 Å². The van der Waals surface area contributed by atoms with Crippen molar-refractivity contribution in [2.75, 3.05) is 0 Å². The van der Waals surface area contributed by atoms with E-state index in [1.807, 2.05) is 31.2 Å². The molecule has 2 nitrogen and oxygen atoms in total. The molecule has 1 fully saturated rings. The minimum atomic E-state index is -0.885. The van der Waals surface area contributed by atoms with Gasteiger partial charge in [-0.3, -0.25) is 4.79 Å². The van der Waals surface area contributed by atoms with Gasteiger partial charge in [-0.2, -0.15) is 0 Å². The fourth-order valence-corrected chi connectivity index (χ4v) is 2.44. The van der Waals surface area contributed by atoms with Gasteiger partial charge in [-0.05, 0) is 62.1 Å². The first kappa shape index (κ1) is 13.8. The van der Waals surface area contributed by atoms with E-state index >= 15 is 0 Å². The zero-order valence-electron chi connectivity index (χ0n) is 12.2. The van der Waals surface area contributed by atoms with Crippen LogP contribution in [-0.2, 0) is 0 Å². The first-order valence-electron chi connectivity index (χ1n) is 7.07. The van der Waals surface area contributed by atoms with Crippen LogP contribution in [0.1, 0.15) is 34.3 Å². The molecular weight excluding hydrogens is 267 g/mol. The number of rotatable bonds is 4. The van der Waals surface area contributed by atoms with Gasteiger partial charge in [0.2, 0.25) is 5.78 Å². The van der Waals surface area contributed by atoms with Crippen molar-refractivity contribution in [2.45, 2.75) is 32.3 Å². The van der Waals surface area contributed by atoms with E-state index in [0.29, 0.717) is 18.6 Å². The summed E-state index contributed by atoms with van der Waals surface area (Å²) in [7, 11) is 0. The third-order valence-corrected chi connectivity index (χ3v) is 3.79. The molecule has 108 valence electrons. The lowest BCUT2D eigenvalue weighted by atomic mass is 10.0. The molecule has 0 saturated heterocycles. The van der Waals surface area contributed by atoms with Crippen molar-refractivity contribution in [2.24, 2.45) is 0 Å². The van der Waals surface area contributed by atoms with Crippen molar-refractivity contribution in [1.29, 1.82) is 0 Å². The number of carbonyl (C=O) groups is 1. The average molecular weight is 284 g/mol. The first-order valence-corrected chi connectivity index (χ1v) is 7.07. The maximum Gasteiger partial charge on any atom is 0.209 e. The molecule has 0 aromatic heterocycles. The lowest BCUT2D eigenvalue weighted by Crippen LogP contribution is -2.30. The van der Waals surface area contributed by atoms with Gasteiger partial charge in [-0.25, -0.2) is 4.39 Å². The molecule has 0 aliphatic heterocycles. The Morgan fingerprint density at radius 2 is 1.81 bits per heavy atom. The molecular formula is C18H17FO2. The number of aryl methyl sites for hydroxylation is 2. The van der Waals surface area contributed by atoms with Crippen LogP contribution in [0.3, 0.4) is 0 Å². The van der Waals surface area contributed by atoms with E-state index in [9.17, 15) is 9.18 Å². The molecule has 0 unspecified atom stereocenters. The van der Waals surface area contributed by atoms with Gasteiger partial charge >= 0.3 is 0 Å². The number of Topliss-reactive ketones (excluding diaryl/α,β-unsaturated/α-hetero) is 1. The number of ketones is 1. The summed E-state index contributed by atoms with van der Waals surface area (Å²) in [5, 5.41) is 0. The van der Waals surface area contributed by atoms with Crippen molar-refractivity contribution in [3.63, 3.8) is 0 Å². The maximum absolute atomic E-state index is 14.0. The van der Waals surface area contributed by atoms with Crippen molar-refractivity contribution in [3.8, 4) is 5.75 Å². The van der Waals surface area contributed by atoms with Gasteiger partial charge in [-0.15, -0.1) is 0 Å². The zero-order valence-corrected chi connectivity index (χ0v) is 12.2. The Hall–Kier alpha value is -2.16. The highest BCUT2D eigenvalue weighted by molar-refractivity contribution is 6.04. The number of benzene rings is 2. The van der Waals surface area contributed by atoms with E-state index in [1.54, 1.807) is 19.1 Å². The predicted octanol–water partition coefficient (Wildman–Crippen LogP) is 4.24. The van der Waals surface area contributed by atoms with Gasteiger partial charge < -0.3 is 4.74 Å². The Labute approximate surface area is 123 Å². The highest BCUT2D eigenvalue weighted by Crippen LogP contribution is 2.43. The predicted molar refractivity (Wildman–Crippen MR) is 79.2 cm³/mol. The van der Waals surface area contributed by atoms with E-state index in [-0.39, 0.29) is 11.3 Å². The minimum Gasteiger partial charge on any atom is -0.479 e. The highest BCUT2D eigenvalue weighted by Gasteiger charge is 2.53. The van der Waals surface area contributed by atoms with E-state index in [1.165, 1.54) is 6.07 Å². The second-order valence-electron chi connectivity index (χ2n) is 5.73. The number of halogens is 1. The quantitative estimate of drug-likeness (QED) is 0.785. The summed E-state index contributed by atoms with van der Waals surface area (Å²) >= 11 is 0. The monoisotopic (exact) mass is 284 g/mol. The Balaban J connectivity index is 1.87. The maximum atomic E-state index is 14.0. The zero-order chi connectivity index (χ0) is 15.0. The third kappa shape index (κ3) is 2.68. The summed E-state index contributed by atoms with van der Waals surface area (Å²) in [5.74, 6) is -0.0750. The number of carbonyl (C=O) groups excluding carboxylic acids is 1. The smallest absolute Gasteiger partial charge is 0.209 e. The summed E-state index contributed by atoms with van der Waals surface area (Å²) in [5.41, 5.74) is 1.10. The van der Waals surface area contributed by atoms with Crippen LogP contribution < -0.4 is 4.74 Å². The van der Waals surface area contributed by atoms with Crippen LogP contribution in [0.5, 0.6) is 5.75 Å². The van der Waals surface area contributed by atoms with E-state index in [0.717, 1.165) is 11.1 Å². The lowest BCUT2D eigenvalue weighted by Gasteiger charge is -2.18. The summed E-state index contributed by atoms with van der Waals surface area (Å²) in [6, 6.07) is 12.2. The van der Waals surface area contributed by atoms with Crippen molar-refractivity contribution >= 4 is 5.78 Å². The number of ether oxygens (including phenoxy) is 1. The molecule has 0 N–H and O–H groups in total. The van der Waals surface area contributed by atoms with Crippen LogP contribution in [0, 0.1) is 19.7 Å². The molecule has 1 saturated carbocycles. The summed E-state index contributed by atoms with van der Waals surface area (Å²) in [6.07, 6.45) is 1.26. The van der Waals surface area contributed by atoms with E-state index in [4.69, 9.17) is 4.74 Å². The molecule has 3 rings (SSSR count). The summed E-state index contributed by atoms with van der Waals surface area (Å²) < 4.78 is 19.9. The van der Waals surface area contributed by atoms with Crippen LogP contribution in [0.2, 0.25) is 0 Å². The number of hydrogen-bond donors (Lipinski definition) is 0.